The van der Waals surface area contributed by atoms with Gasteiger partial charge in [-0.05, 0) is 64.6 Å². The van der Waals surface area contributed by atoms with Crippen LogP contribution in [-0.2, 0) is 20.1 Å². The minimum absolute atomic E-state index is 0. The molecule has 0 amide bonds. The van der Waals surface area contributed by atoms with Crippen LogP contribution in [0.2, 0.25) is 0 Å². The number of hydrogen-bond donors (Lipinski definition) is 0. The topological polar surface area (TPSA) is 30.7 Å². The van der Waals surface area contributed by atoms with Crippen LogP contribution in [-0.4, -0.2) is 14.5 Å². The molecule has 0 saturated carbocycles. The van der Waals surface area contributed by atoms with Crippen molar-refractivity contribution in [2.24, 2.45) is 0 Å². The zero-order valence-electron chi connectivity index (χ0n) is 29.7. The number of pyridine rings is 1. The average molecular weight is 841 g/mol. The van der Waals surface area contributed by atoms with Crippen LogP contribution in [0.1, 0.15) is 9.68 Å². The van der Waals surface area contributed by atoms with Crippen LogP contribution in [0.4, 0.5) is 0 Å². The smallest absolute Gasteiger partial charge is 0.0774 e. The van der Waals surface area contributed by atoms with E-state index >= 15 is 0 Å². The number of thiophene rings is 1. The van der Waals surface area contributed by atoms with Gasteiger partial charge in [0.1, 0.15) is 0 Å². The Kier molecular flexibility index (Phi) is 8.83. The molecule has 6 aromatic carbocycles. The second kappa shape index (κ2) is 15.0. The van der Waals surface area contributed by atoms with Crippen molar-refractivity contribution in [3.8, 4) is 50.6 Å². The molecule has 0 aliphatic heterocycles. The number of nitrogens with zero attached hydrogens (tertiary/aromatic N) is 3. The largest absolute Gasteiger partial charge is 0.333 e. The fourth-order valence-electron chi connectivity index (χ4n) is 5.94. The van der Waals surface area contributed by atoms with Gasteiger partial charge in [0.2, 0.25) is 0 Å². The number of rotatable bonds is 5. The number of benzene rings is 6. The molecule has 3 heterocycles. The van der Waals surface area contributed by atoms with E-state index in [-0.39, 0.29) is 25.7 Å². The molecular weight excluding hydrogens is 807 g/mol. The standard InChI is InChI=1S/C33H21N2S.C12H10N.Ir/c1-3-9-23(10-4-1)24-15-17-25(18-16-24)26-19-20-32-28(21-26)29(22-36-32)33-34-30-13-7-8-14-31(30)35(33)27-11-5-2-6-12-27;1-10-7-8-12(13-9-10)11-5-3-2-4-6-11;/h1-21H;2-5,7-9H,1H3;/q2*-1;/i;1D3;. The molecule has 0 N–H and O–H groups in total. The third-order valence-corrected chi connectivity index (χ3v) is 9.27. The number of hydrogen-bond acceptors (Lipinski definition) is 3. The van der Waals surface area contributed by atoms with Crippen molar-refractivity contribution in [3.63, 3.8) is 0 Å². The Labute approximate surface area is 314 Å². The summed E-state index contributed by atoms with van der Waals surface area (Å²) in [5.41, 5.74) is 10.9. The molecule has 50 heavy (non-hydrogen) atoms. The molecule has 0 atom stereocenters. The number of imidazole rings is 1. The molecule has 3 nitrogen and oxygen atoms in total. The van der Waals surface area contributed by atoms with Crippen LogP contribution in [0, 0.1) is 18.3 Å². The summed E-state index contributed by atoms with van der Waals surface area (Å²) in [5, 5.41) is 4.75. The van der Waals surface area contributed by atoms with E-state index in [9.17, 15) is 0 Å². The van der Waals surface area contributed by atoms with E-state index in [1.807, 2.05) is 30.3 Å². The molecule has 1 radical (unpaired) electrons. The van der Waals surface area contributed by atoms with E-state index in [2.05, 4.69) is 136 Å². The SMILES string of the molecule is [2H]C([2H])([2H])c1ccc(-c2[c-]cccc2)nc1.[Ir].[c-]1sc2ccc(-c3ccc(-c4ccccc4)cc3)cc2c1-c1nc2ccccc2n1-c1ccccc1. The fraction of sp³-hybridized carbons (Fsp3) is 0.0222. The Morgan fingerprint density at radius 2 is 1.34 bits per heavy atom. The zero-order valence-corrected chi connectivity index (χ0v) is 30.0. The second-order valence-electron chi connectivity index (χ2n) is 11.5. The van der Waals surface area contributed by atoms with Crippen molar-refractivity contribution in [1.29, 1.82) is 0 Å². The monoisotopic (exact) mass is 841 g/mol. The van der Waals surface area contributed by atoms with E-state index in [0.29, 0.717) is 0 Å². The molecular formula is C45H31IrN3S-2. The maximum absolute atomic E-state index is 7.23. The van der Waals surface area contributed by atoms with E-state index in [1.165, 1.54) is 38.5 Å². The van der Waals surface area contributed by atoms with Gasteiger partial charge in [0.25, 0.3) is 0 Å². The molecule has 0 aliphatic rings. The maximum atomic E-state index is 7.23. The first-order chi connectivity index (χ1) is 25.4. The van der Waals surface area contributed by atoms with Gasteiger partial charge < -0.3 is 9.55 Å². The molecule has 3 aromatic heterocycles. The average Bonchev–Trinajstić information content (AvgIpc) is 3.80. The predicted molar refractivity (Wildman–Crippen MR) is 205 cm³/mol. The molecule has 5 heteroatoms. The first-order valence-electron chi connectivity index (χ1n) is 17.5. The summed E-state index contributed by atoms with van der Waals surface area (Å²) in [5.74, 6) is 0.922. The summed E-state index contributed by atoms with van der Waals surface area (Å²) >= 11 is 1.65. The Morgan fingerprint density at radius 3 is 2.06 bits per heavy atom. The van der Waals surface area contributed by atoms with Gasteiger partial charge in [-0.15, -0.1) is 41.3 Å². The van der Waals surface area contributed by atoms with Crippen LogP contribution in [0.15, 0.2) is 170 Å². The van der Waals surface area contributed by atoms with Crippen LogP contribution in [0.5, 0.6) is 0 Å². The molecule has 0 aliphatic carbocycles. The van der Waals surface area contributed by atoms with Gasteiger partial charge in [-0.1, -0.05) is 131 Å². The van der Waals surface area contributed by atoms with E-state index in [0.717, 1.165) is 39.4 Å². The van der Waals surface area contributed by atoms with Crippen molar-refractivity contribution in [2.75, 3.05) is 0 Å². The van der Waals surface area contributed by atoms with Gasteiger partial charge in [0.05, 0.1) is 16.9 Å². The number of para-hydroxylation sites is 3. The molecule has 243 valence electrons. The van der Waals surface area contributed by atoms with Crippen molar-refractivity contribution >= 4 is 32.5 Å². The summed E-state index contributed by atoms with van der Waals surface area (Å²) < 4.78 is 25.2. The van der Waals surface area contributed by atoms with Crippen molar-refractivity contribution in [3.05, 3.63) is 187 Å². The van der Waals surface area contributed by atoms with Crippen molar-refractivity contribution in [2.45, 2.75) is 6.85 Å². The first kappa shape index (κ1) is 29.5. The van der Waals surface area contributed by atoms with Crippen LogP contribution < -0.4 is 0 Å². The minimum Gasteiger partial charge on any atom is -0.333 e. The number of aryl methyl sites for hydroxylation is 1. The fourth-order valence-corrected chi connectivity index (χ4v) is 6.76. The van der Waals surface area contributed by atoms with Gasteiger partial charge in [-0.25, -0.2) is 0 Å². The van der Waals surface area contributed by atoms with Gasteiger partial charge in [0, 0.05) is 36.1 Å². The molecule has 9 rings (SSSR count). The van der Waals surface area contributed by atoms with E-state index in [4.69, 9.17) is 9.10 Å². The summed E-state index contributed by atoms with van der Waals surface area (Å²) in [6.45, 7) is -2.09. The Hall–Kier alpha value is -5.45. The van der Waals surface area contributed by atoms with E-state index < -0.39 is 6.85 Å². The van der Waals surface area contributed by atoms with Gasteiger partial charge in [0.15, 0.2) is 0 Å². The van der Waals surface area contributed by atoms with Gasteiger partial charge in [-0.2, -0.15) is 0 Å². The number of aromatic nitrogens is 3. The number of fused-ring (bicyclic) bond motifs is 2. The van der Waals surface area contributed by atoms with Crippen LogP contribution in [0.3, 0.4) is 0 Å². The van der Waals surface area contributed by atoms with Gasteiger partial charge in [-0.3, -0.25) is 16.3 Å². The Balaban J connectivity index is 0.000000216. The molecule has 0 bridgehead atoms. The van der Waals surface area contributed by atoms with Crippen LogP contribution in [0.25, 0.3) is 71.7 Å². The van der Waals surface area contributed by atoms with Crippen LogP contribution >= 0.6 is 11.3 Å². The molecule has 0 spiro atoms. The molecule has 0 saturated heterocycles. The minimum atomic E-state index is -2.09. The normalized spacial score (nSPS) is 11.9. The van der Waals surface area contributed by atoms with Crippen molar-refractivity contribution in [1.82, 2.24) is 14.5 Å². The van der Waals surface area contributed by atoms with Gasteiger partial charge >= 0.3 is 0 Å². The summed E-state index contributed by atoms with van der Waals surface area (Å²) in [6.07, 6.45) is 1.39. The molecule has 0 fully saturated rings. The van der Waals surface area contributed by atoms with E-state index in [1.54, 1.807) is 29.5 Å². The maximum Gasteiger partial charge on any atom is 0.0774 e. The summed E-state index contributed by atoms with van der Waals surface area (Å²) in [7, 11) is 0. The quantitative estimate of drug-likeness (QED) is 0.162. The predicted octanol–water partition coefficient (Wildman–Crippen LogP) is 11.9. The zero-order chi connectivity index (χ0) is 35.5. The van der Waals surface area contributed by atoms with Crippen molar-refractivity contribution < 1.29 is 24.2 Å². The third-order valence-electron chi connectivity index (χ3n) is 8.38. The third kappa shape index (κ3) is 6.85. The Morgan fingerprint density at radius 1 is 0.660 bits per heavy atom. The Bertz CT molecular complexity index is 2580. The molecule has 9 aromatic rings. The molecule has 0 unspecified atom stereocenters. The summed E-state index contributed by atoms with van der Waals surface area (Å²) in [6, 6.07) is 58.5. The second-order valence-corrected chi connectivity index (χ2v) is 12.4. The first-order valence-corrected chi connectivity index (χ1v) is 16.8. The summed E-state index contributed by atoms with van der Waals surface area (Å²) in [4.78, 5) is 9.19.